The number of carbonyl (C=O) groups is 1. The van der Waals surface area contributed by atoms with Crippen molar-refractivity contribution in [2.45, 2.75) is 31.3 Å². The topological polar surface area (TPSA) is 83.1 Å². The highest BCUT2D eigenvalue weighted by Crippen LogP contribution is 2.19. The number of ether oxygens (including phenoxy) is 1. The van der Waals surface area contributed by atoms with E-state index in [1.54, 1.807) is 0 Å². The number of amides is 1. The summed E-state index contributed by atoms with van der Waals surface area (Å²) in [4.78, 5) is 18.3. The zero-order valence-electron chi connectivity index (χ0n) is 10.8. The van der Waals surface area contributed by atoms with Gasteiger partial charge in [-0.25, -0.2) is 4.98 Å². The van der Waals surface area contributed by atoms with Gasteiger partial charge in [0, 0.05) is 0 Å². The van der Waals surface area contributed by atoms with Crippen LogP contribution in [0.4, 0.5) is 0 Å². The normalized spacial score (nSPS) is 28.4. The number of rotatable bonds is 3. The fourth-order valence-electron chi connectivity index (χ4n) is 2.84. The fraction of sp³-hybridized carbons (Fsp3) is 0.750. The lowest BCUT2D eigenvalue weighted by Crippen LogP contribution is -2.52. The molecular weight excluding hydrogens is 246 g/mol. The van der Waals surface area contributed by atoms with Gasteiger partial charge in [0.05, 0.1) is 25.3 Å². The molecular formula is C12H19N5O2. The molecule has 0 radical (unpaired) electrons. The van der Waals surface area contributed by atoms with E-state index in [1.165, 1.54) is 25.6 Å². The van der Waals surface area contributed by atoms with Crippen molar-refractivity contribution >= 4 is 5.91 Å². The molecule has 0 unspecified atom stereocenters. The van der Waals surface area contributed by atoms with E-state index in [-0.39, 0.29) is 23.8 Å². The standard InChI is InChI=1S/C12H19N5O2/c18-12(11-13-8-14-16-11)15-9-6-19-7-10(9)17-4-2-1-3-5-17/h8-10H,1-7H2,(H,15,18)(H,13,14,16)/t9-,10-/m0/s1. The molecule has 2 atom stereocenters. The molecule has 2 aliphatic heterocycles. The van der Waals surface area contributed by atoms with Crippen LogP contribution in [0.25, 0.3) is 0 Å². The molecule has 0 aromatic carbocycles. The van der Waals surface area contributed by atoms with E-state index in [1.807, 2.05) is 0 Å². The molecule has 1 aromatic heterocycles. The Labute approximate surface area is 111 Å². The minimum Gasteiger partial charge on any atom is -0.378 e. The lowest BCUT2D eigenvalue weighted by molar-refractivity contribution is 0.0890. The van der Waals surface area contributed by atoms with Crippen LogP contribution in [0, 0.1) is 0 Å². The fourth-order valence-corrected chi connectivity index (χ4v) is 2.84. The molecule has 2 N–H and O–H groups in total. The third kappa shape index (κ3) is 2.76. The first-order valence-electron chi connectivity index (χ1n) is 6.82. The summed E-state index contributed by atoms with van der Waals surface area (Å²) in [5.74, 6) is 0.0410. The van der Waals surface area contributed by atoms with Gasteiger partial charge in [-0.05, 0) is 25.9 Å². The zero-order chi connectivity index (χ0) is 13.1. The molecule has 0 spiro atoms. The molecule has 7 nitrogen and oxygen atoms in total. The maximum Gasteiger partial charge on any atom is 0.288 e. The molecule has 19 heavy (non-hydrogen) atoms. The average Bonchev–Trinajstić information content (AvgIpc) is 3.11. The Balaban J connectivity index is 1.61. The highest BCUT2D eigenvalue weighted by molar-refractivity contribution is 5.90. The monoisotopic (exact) mass is 265 g/mol. The summed E-state index contributed by atoms with van der Waals surface area (Å²) in [7, 11) is 0. The Kier molecular flexibility index (Phi) is 3.74. The Bertz CT molecular complexity index is 416. The highest BCUT2D eigenvalue weighted by atomic mass is 16.5. The quantitative estimate of drug-likeness (QED) is 0.790. The summed E-state index contributed by atoms with van der Waals surface area (Å²) in [6, 6.07) is 0.322. The molecule has 3 rings (SSSR count). The molecule has 104 valence electrons. The molecule has 2 saturated heterocycles. The Hall–Kier alpha value is -1.47. The van der Waals surface area contributed by atoms with E-state index in [0.29, 0.717) is 13.2 Å². The number of likely N-dealkylation sites (tertiary alicyclic amines) is 1. The van der Waals surface area contributed by atoms with Crippen molar-refractivity contribution < 1.29 is 9.53 Å². The van der Waals surface area contributed by atoms with E-state index in [0.717, 1.165) is 13.1 Å². The van der Waals surface area contributed by atoms with Crippen LogP contribution in [0.2, 0.25) is 0 Å². The number of carbonyl (C=O) groups excluding carboxylic acids is 1. The van der Waals surface area contributed by atoms with Gasteiger partial charge in [0.2, 0.25) is 5.82 Å². The first-order chi connectivity index (χ1) is 9.34. The van der Waals surface area contributed by atoms with Crippen LogP contribution >= 0.6 is 0 Å². The van der Waals surface area contributed by atoms with Gasteiger partial charge in [0.25, 0.3) is 5.91 Å². The van der Waals surface area contributed by atoms with Crippen molar-refractivity contribution in [2.75, 3.05) is 26.3 Å². The van der Waals surface area contributed by atoms with E-state index in [4.69, 9.17) is 4.74 Å². The van der Waals surface area contributed by atoms with Gasteiger partial charge in [-0.1, -0.05) is 6.42 Å². The SMILES string of the molecule is O=C(N[C@H]1COC[C@@H]1N1CCCCC1)c1ncn[nH]1. The summed E-state index contributed by atoms with van der Waals surface area (Å²) in [6.07, 6.45) is 5.11. The second-order valence-corrected chi connectivity index (χ2v) is 5.12. The summed E-state index contributed by atoms with van der Waals surface area (Å²) in [5, 5.41) is 9.26. The van der Waals surface area contributed by atoms with E-state index >= 15 is 0 Å². The molecule has 3 heterocycles. The average molecular weight is 265 g/mol. The second-order valence-electron chi connectivity index (χ2n) is 5.12. The second kappa shape index (κ2) is 5.66. The molecule has 1 aromatic rings. The van der Waals surface area contributed by atoms with Crippen LogP contribution in [0.15, 0.2) is 6.33 Å². The maximum atomic E-state index is 12.0. The first-order valence-corrected chi connectivity index (χ1v) is 6.82. The van der Waals surface area contributed by atoms with E-state index in [2.05, 4.69) is 25.4 Å². The van der Waals surface area contributed by atoms with Crippen LogP contribution in [0.3, 0.4) is 0 Å². The van der Waals surface area contributed by atoms with Crippen LogP contribution in [-0.4, -0.2) is 64.4 Å². The molecule has 2 fully saturated rings. The molecule has 2 aliphatic rings. The van der Waals surface area contributed by atoms with Crippen LogP contribution in [0.5, 0.6) is 0 Å². The third-order valence-corrected chi connectivity index (χ3v) is 3.86. The number of hydrogen-bond acceptors (Lipinski definition) is 5. The third-order valence-electron chi connectivity index (χ3n) is 3.86. The minimum absolute atomic E-state index is 0.0377. The molecule has 0 saturated carbocycles. The predicted octanol–water partition coefficient (Wildman–Crippen LogP) is -0.212. The Morgan fingerprint density at radius 3 is 2.95 bits per heavy atom. The number of hydrogen-bond donors (Lipinski definition) is 2. The van der Waals surface area contributed by atoms with E-state index < -0.39 is 0 Å². The maximum absolute atomic E-state index is 12.0. The first kappa shape index (κ1) is 12.6. The zero-order valence-corrected chi connectivity index (χ0v) is 10.8. The number of nitrogens with one attached hydrogen (secondary N) is 2. The molecule has 0 bridgehead atoms. The van der Waals surface area contributed by atoms with Gasteiger partial charge in [-0.3, -0.25) is 14.8 Å². The van der Waals surface area contributed by atoms with Crippen molar-refractivity contribution in [3.8, 4) is 0 Å². The number of aromatic amines is 1. The van der Waals surface area contributed by atoms with Crippen LogP contribution in [-0.2, 0) is 4.74 Å². The highest BCUT2D eigenvalue weighted by Gasteiger charge is 2.35. The van der Waals surface area contributed by atoms with Crippen LogP contribution in [0.1, 0.15) is 29.9 Å². The predicted molar refractivity (Wildman–Crippen MR) is 67.7 cm³/mol. The van der Waals surface area contributed by atoms with Gasteiger partial charge in [0.1, 0.15) is 6.33 Å². The molecule has 1 amide bonds. The van der Waals surface area contributed by atoms with Crippen molar-refractivity contribution in [3.05, 3.63) is 12.2 Å². The van der Waals surface area contributed by atoms with Crippen molar-refractivity contribution in [2.24, 2.45) is 0 Å². The van der Waals surface area contributed by atoms with Crippen molar-refractivity contribution in [3.63, 3.8) is 0 Å². The lowest BCUT2D eigenvalue weighted by Gasteiger charge is -2.34. The van der Waals surface area contributed by atoms with Gasteiger partial charge in [-0.2, -0.15) is 5.10 Å². The number of aromatic nitrogens is 3. The summed E-state index contributed by atoms with van der Waals surface area (Å²) in [5.41, 5.74) is 0. The van der Waals surface area contributed by atoms with Crippen molar-refractivity contribution in [1.82, 2.24) is 25.4 Å². The smallest absolute Gasteiger partial charge is 0.288 e. The molecule has 0 aliphatic carbocycles. The summed E-state index contributed by atoms with van der Waals surface area (Å²) >= 11 is 0. The van der Waals surface area contributed by atoms with Gasteiger partial charge in [0.15, 0.2) is 0 Å². The van der Waals surface area contributed by atoms with Crippen molar-refractivity contribution in [1.29, 1.82) is 0 Å². The largest absolute Gasteiger partial charge is 0.378 e. The van der Waals surface area contributed by atoms with Gasteiger partial charge in [-0.15, -0.1) is 0 Å². The summed E-state index contributed by atoms with van der Waals surface area (Å²) < 4.78 is 5.54. The van der Waals surface area contributed by atoms with Crippen LogP contribution < -0.4 is 5.32 Å². The summed E-state index contributed by atoms with van der Waals surface area (Å²) in [6.45, 7) is 3.47. The minimum atomic E-state index is -0.213. The van der Waals surface area contributed by atoms with E-state index in [9.17, 15) is 4.79 Å². The Morgan fingerprint density at radius 1 is 1.37 bits per heavy atom. The lowest BCUT2D eigenvalue weighted by atomic mass is 10.0. The number of H-pyrrole nitrogens is 1. The van der Waals surface area contributed by atoms with Gasteiger partial charge >= 0.3 is 0 Å². The van der Waals surface area contributed by atoms with Gasteiger partial charge < -0.3 is 10.1 Å². The number of nitrogens with zero attached hydrogens (tertiary/aromatic N) is 3. The molecule has 7 heteroatoms. The Morgan fingerprint density at radius 2 is 2.21 bits per heavy atom. The number of piperidine rings is 1.